The lowest BCUT2D eigenvalue weighted by Gasteiger charge is -2.38. The molecule has 234 valence electrons. The van der Waals surface area contributed by atoms with Crippen LogP contribution in [-0.2, 0) is 16.2 Å². The van der Waals surface area contributed by atoms with Crippen molar-refractivity contribution in [2.24, 2.45) is 0 Å². The minimum absolute atomic E-state index is 0.111. The highest BCUT2D eigenvalue weighted by Crippen LogP contribution is 2.47. The number of hydrazine groups is 1. The summed E-state index contributed by atoms with van der Waals surface area (Å²) in [5.74, 6) is 0.0473. The van der Waals surface area contributed by atoms with E-state index in [9.17, 15) is 14.7 Å². The number of hydrogen-bond donors (Lipinski definition) is 2. The summed E-state index contributed by atoms with van der Waals surface area (Å²) in [7, 11) is 5.23. The van der Waals surface area contributed by atoms with Gasteiger partial charge in [-0.05, 0) is 66.3 Å². The summed E-state index contributed by atoms with van der Waals surface area (Å²) >= 11 is 0. The fourth-order valence-corrected chi connectivity index (χ4v) is 7.11. The van der Waals surface area contributed by atoms with Gasteiger partial charge in [0.2, 0.25) is 5.91 Å². The normalized spacial score (nSPS) is 18.0. The number of aromatic nitrogens is 1. The molecule has 0 atom stereocenters. The summed E-state index contributed by atoms with van der Waals surface area (Å²) in [6.07, 6.45) is 7.81. The number of carboxylic acid groups (broad SMARTS) is 1. The van der Waals surface area contributed by atoms with Crippen molar-refractivity contribution in [3.05, 3.63) is 58.7 Å². The lowest BCUT2D eigenvalue weighted by molar-refractivity contribution is -0.257. The van der Waals surface area contributed by atoms with Crippen LogP contribution in [0.15, 0.2) is 42.0 Å². The molecule has 2 aliphatic heterocycles. The molecular weight excluding hydrogens is 558 g/mol. The molecule has 3 heterocycles. The summed E-state index contributed by atoms with van der Waals surface area (Å²) in [6.45, 7) is 5.19. The first-order valence-electron chi connectivity index (χ1n) is 15.7. The van der Waals surface area contributed by atoms with Crippen LogP contribution in [0, 0.1) is 0 Å². The SMILES string of the molecule is COc1ccc2c(c1)C=C(C(=O)NCCN1CCN(N(C)OC)CC1)Cn1c-2c(C2CCCCC2)c2ccc(C(=O)O)cc21. The van der Waals surface area contributed by atoms with Gasteiger partial charge in [-0.1, -0.05) is 25.3 Å². The van der Waals surface area contributed by atoms with Crippen molar-refractivity contribution < 1.29 is 24.3 Å². The second-order valence-electron chi connectivity index (χ2n) is 12.0. The number of methoxy groups -OCH3 is 1. The van der Waals surface area contributed by atoms with Gasteiger partial charge in [-0.3, -0.25) is 14.5 Å². The first-order chi connectivity index (χ1) is 21.4. The molecule has 3 aliphatic rings. The number of nitrogens with one attached hydrogen (secondary N) is 1. The Morgan fingerprint density at radius 3 is 2.50 bits per heavy atom. The Labute approximate surface area is 258 Å². The number of nitrogens with zero attached hydrogens (tertiary/aromatic N) is 4. The highest BCUT2D eigenvalue weighted by Gasteiger charge is 2.30. The third-order valence-corrected chi connectivity index (χ3v) is 9.55. The van der Waals surface area contributed by atoms with Crippen molar-refractivity contribution in [2.45, 2.75) is 44.6 Å². The first-order valence-corrected chi connectivity index (χ1v) is 15.7. The van der Waals surface area contributed by atoms with Crippen molar-refractivity contribution in [2.75, 3.05) is 60.5 Å². The molecule has 3 aromatic rings. The van der Waals surface area contributed by atoms with Gasteiger partial charge in [0.25, 0.3) is 0 Å². The van der Waals surface area contributed by atoms with E-state index in [-0.39, 0.29) is 11.5 Å². The molecule has 2 N–H and O–H groups in total. The second-order valence-corrected chi connectivity index (χ2v) is 12.0. The topological polar surface area (TPSA) is 99.5 Å². The molecule has 10 heteroatoms. The number of carbonyl (C=O) groups is 2. The molecule has 0 bridgehead atoms. The van der Waals surface area contributed by atoms with Crippen molar-refractivity contribution in [3.8, 4) is 17.0 Å². The predicted molar refractivity (Wildman–Crippen MR) is 170 cm³/mol. The van der Waals surface area contributed by atoms with Gasteiger partial charge in [0.05, 0.1) is 32.0 Å². The van der Waals surface area contributed by atoms with E-state index in [0.717, 1.165) is 79.0 Å². The fourth-order valence-electron chi connectivity index (χ4n) is 7.11. The monoisotopic (exact) mass is 601 g/mol. The predicted octanol–water partition coefficient (Wildman–Crippen LogP) is 4.60. The van der Waals surface area contributed by atoms with E-state index in [4.69, 9.17) is 9.57 Å². The first kappa shape index (κ1) is 30.3. The number of rotatable bonds is 9. The largest absolute Gasteiger partial charge is 0.497 e. The van der Waals surface area contributed by atoms with Crippen LogP contribution in [0.2, 0.25) is 0 Å². The zero-order valence-corrected chi connectivity index (χ0v) is 26.0. The van der Waals surface area contributed by atoms with E-state index in [1.807, 2.05) is 31.3 Å². The molecule has 2 aromatic carbocycles. The zero-order chi connectivity index (χ0) is 30.8. The molecular formula is C34H43N5O5. The molecule has 0 spiro atoms. The molecule has 1 saturated heterocycles. The Kier molecular flexibility index (Phi) is 9.04. The van der Waals surface area contributed by atoms with Crippen LogP contribution < -0.4 is 10.1 Å². The third kappa shape index (κ3) is 5.99. The van der Waals surface area contributed by atoms with Crippen molar-refractivity contribution in [1.82, 2.24) is 25.0 Å². The van der Waals surface area contributed by atoms with E-state index >= 15 is 0 Å². The molecule has 2 fully saturated rings. The Morgan fingerprint density at radius 1 is 1.02 bits per heavy atom. The fraction of sp³-hybridized carbons (Fsp3) is 0.471. The lowest BCUT2D eigenvalue weighted by atomic mass is 9.81. The van der Waals surface area contributed by atoms with Gasteiger partial charge in [0, 0.05) is 68.4 Å². The maximum atomic E-state index is 13.8. The van der Waals surface area contributed by atoms with Gasteiger partial charge in [-0.2, -0.15) is 0 Å². The Bertz CT molecular complexity index is 1570. The van der Waals surface area contributed by atoms with Gasteiger partial charge in [0.15, 0.2) is 0 Å². The van der Waals surface area contributed by atoms with Crippen LogP contribution in [0.5, 0.6) is 5.75 Å². The summed E-state index contributed by atoms with van der Waals surface area (Å²) in [4.78, 5) is 33.5. The molecule has 1 saturated carbocycles. The maximum absolute atomic E-state index is 13.8. The average Bonchev–Trinajstić information content (AvgIpc) is 3.27. The van der Waals surface area contributed by atoms with Crippen LogP contribution >= 0.6 is 0 Å². The van der Waals surface area contributed by atoms with E-state index in [2.05, 4.69) is 25.9 Å². The van der Waals surface area contributed by atoms with E-state index in [0.29, 0.717) is 24.6 Å². The molecule has 44 heavy (non-hydrogen) atoms. The molecule has 0 radical (unpaired) electrons. The molecule has 0 unspecified atom stereocenters. The Balaban J connectivity index is 1.33. The number of hydrogen-bond acceptors (Lipinski definition) is 7. The number of benzene rings is 2. The van der Waals surface area contributed by atoms with Crippen LogP contribution in [-0.4, -0.2) is 97.2 Å². The number of amides is 1. The van der Waals surface area contributed by atoms with Gasteiger partial charge < -0.3 is 19.7 Å². The quantitative estimate of drug-likeness (QED) is 0.344. The third-order valence-electron chi connectivity index (χ3n) is 9.55. The van der Waals surface area contributed by atoms with Crippen LogP contribution in [0.25, 0.3) is 28.2 Å². The van der Waals surface area contributed by atoms with Crippen LogP contribution in [0.1, 0.15) is 59.5 Å². The molecule has 6 rings (SSSR count). The molecule has 1 aromatic heterocycles. The number of piperazine rings is 1. The van der Waals surface area contributed by atoms with E-state index in [1.165, 1.54) is 24.8 Å². The minimum Gasteiger partial charge on any atom is -0.497 e. The van der Waals surface area contributed by atoms with Crippen LogP contribution in [0.3, 0.4) is 0 Å². The molecule has 1 aliphatic carbocycles. The number of ether oxygens (including phenoxy) is 1. The number of hydroxylamine groups is 1. The summed E-state index contributed by atoms with van der Waals surface area (Å²) in [5, 5.41) is 18.0. The van der Waals surface area contributed by atoms with Gasteiger partial charge in [-0.25, -0.2) is 9.80 Å². The van der Waals surface area contributed by atoms with E-state index in [1.54, 1.807) is 31.5 Å². The number of carbonyl (C=O) groups excluding carboxylic acids is 1. The number of aromatic carboxylic acids is 1. The highest BCUT2D eigenvalue weighted by atomic mass is 16.7. The van der Waals surface area contributed by atoms with Crippen molar-refractivity contribution in [1.29, 1.82) is 0 Å². The Hall–Kier alpha value is -3.70. The summed E-state index contributed by atoms with van der Waals surface area (Å²) < 4.78 is 7.77. The van der Waals surface area contributed by atoms with E-state index < -0.39 is 5.97 Å². The lowest BCUT2D eigenvalue weighted by Crippen LogP contribution is -2.53. The number of fused-ring (bicyclic) bond motifs is 5. The standard InChI is InChI=1S/C34H43N5O5/c1-36(44-3)38-17-15-37(16-18-38)14-13-35-33(40)26-19-25-20-27(43-2)10-12-28(25)32-31(23-7-5-4-6-8-23)29-11-9-24(34(41)42)21-30(29)39(32)22-26/h9-12,19-21,23H,4-8,13-18,22H2,1-3H3,(H,35,40)(H,41,42). The van der Waals surface area contributed by atoms with Crippen LogP contribution in [0.4, 0.5) is 0 Å². The molecule has 10 nitrogen and oxygen atoms in total. The highest BCUT2D eigenvalue weighted by molar-refractivity contribution is 6.03. The van der Waals surface area contributed by atoms with Crippen molar-refractivity contribution in [3.63, 3.8) is 0 Å². The van der Waals surface area contributed by atoms with Crippen molar-refractivity contribution >= 4 is 28.9 Å². The summed E-state index contributed by atoms with van der Waals surface area (Å²) in [6, 6.07) is 11.5. The minimum atomic E-state index is -0.955. The summed E-state index contributed by atoms with van der Waals surface area (Å²) in [5.41, 5.74) is 6.09. The maximum Gasteiger partial charge on any atom is 0.335 e. The Morgan fingerprint density at radius 2 is 1.80 bits per heavy atom. The zero-order valence-electron chi connectivity index (χ0n) is 26.0. The average molecular weight is 602 g/mol. The smallest absolute Gasteiger partial charge is 0.335 e. The van der Waals surface area contributed by atoms with Gasteiger partial charge >= 0.3 is 5.97 Å². The van der Waals surface area contributed by atoms with Gasteiger partial charge in [0.1, 0.15) is 5.75 Å². The molecule has 1 amide bonds. The second kappa shape index (κ2) is 13.1. The van der Waals surface area contributed by atoms with Gasteiger partial charge in [-0.15, -0.1) is 5.17 Å². The number of carboxylic acids is 1.